The number of carbonyl (C=O) groups excluding carboxylic acids is 1. The van der Waals surface area contributed by atoms with Crippen molar-refractivity contribution in [2.75, 3.05) is 26.3 Å². The van der Waals surface area contributed by atoms with E-state index in [4.69, 9.17) is 9.15 Å². The van der Waals surface area contributed by atoms with Crippen LogP contribution in [-0.4, -0.2) is 44.9 Å². The molecule has 4 rings (SSSR count). The maximum absolute atomic E-state index is 12.8. The number of aryl methyl sites for hydroxylation is 1. The van der Waals surface area contributed by atoms with Gasteiger partial charge < -0.3 is 14.5 Å². The molecule has 3 aromatic rings. The minimum absolute atomic E-state index is 0.108. The zero-order chi connectivity index (χ0) is 21.1. The highest BCUT2D eigenvalue weighted by atomic mass is 32.2. The van der Waals surface area contributed by atoms with Gasteiger partial charge in [-0.1, -0.05) is 35.9 Å². The number of benzene rings is 2. The quantitative estimate of drug-likeness (QED) is 0.652. The summed E-state index contributed by atoms with van der Waals surface area (Å²) in [6.45, 7) is 3.75. The number of hydrogen-bond acceptors (Lipinski definition) is 5. The lowest BCUT2D eigenvalue weighted by Crippen LogP contribution is -2.41. The number of hydrogen-bond donors (Lipinski definition) is 1. The SMILES string of the molecule is Cc1ccc2oc(C(=O)NCc3ccccc3CS(=O)(=O)N3CCOCC3)cc2c1. The summed E-state index contributed by atoms with van der Waals surface area (Å²) in [6, 6.07) is 14.7. The van der Waals surface area contributed by atoms with Crippen LogP contribution in [0.25, 0.3) is 11.0 Å². The molecule has 1 aromatic heterocycles. The molecule has 1 saturated heterocycles. The van der Waals surface area contributed by atoms with E-state index in [1.165, 1.54) is 4.31 Å². The molecule has 1 amide bonds. The Bertz CT molecular complexity index is 1160. The number of amides is 1. The second kappa shape index (κ2) is 8.59. The molecule has 0 unspecified atom stereocenters. The lowest BCUT2D eigenvalue weighted by Gasteiger charge is -2.26. The summed E-state index contributed by atoms with van der Waals surface area (Å²) in [7, 11) is -3.45. The number of rotatable bonds is 6. The first-order chi connectivity index (χ1) is 14.4. The van der Waals surface area contributed by atoms with Crippen molar-refractivity contribution in [1.29, 1.82) is 0 Å². The van der Waals surface area contributed by atoms with Gasteiger partial charge in [0.15, 0.2) is 5.76 Å². The third-order valence-electron chi connectivity index (χ3n) is 5.15. The van der Waals surface area contributed by atoms with E-state index in [9.17, 15) is 13.2 Å². The second-order valence-corrected chi connectivity index (χ2v) is 9.34. The maximum Gasteiger partial charge on any atom is 0.287 e. The van der Waals surface area contributed by atoms with E-state index in [1.54, 1.807) is 18.2 Å². The van der Waals surface area contributed by atoms with Gasteiger partial charge in [-0.25, -0.2) is 8.42 Å². The molecule has 30 heavy (non-hydrogen) atoms. The van der Waals surface area contributed by atoms with Crippen molar-refractivity contribution >= 4 is 26.9 Å². The number of morpholine rings is 1. The zero-order valence-corrected chi connectivity index (χ0v) is 17.6. The predicted octanol–water partition coefficient (Wildman–Crippen LogP) is 2.83. The lowest BCUT2D eigenvalue weighted by atomic mass is 10.1. The van der Waals surface area contributed by atoms with Crippen LogP contribution < -0.4 is 5.32 Å². The fourth-order valence-corrected chi connectivity index (χ4v) is 5.08. The summed E-state index contributed by atoms with van der Waals surface area (Å²) in [5.74, 6) is -0.216. The van der Waals surface area contributed by atoms with Crippen molar-refractivity contribution in [3.05, 3.63) is 71.0 Å². The highest BCUT2D eigenvalue weighted by molar-refractivity contribution is 7.88. The van der Waals surface area contributed by atoms with Gasteiger partial charge >= 0.3 is 0 Å². The van der Waals surface area contributed by atoms with Gasteiger partial charge in [0.2, 0.25) is 10.0 Å². The maximum atomic E-state index is 12.8. The van der Waals surface area contributed by atoms with E-state index in [0.717, 1.165) is 16.5 Å². The molecule has 1 fully saturated rings. The van der Waals surface area contributed by atoms with Crippen LogP contribution in [0.2, 0.25) is 0 Å². The van der Waals surface area contributed by atoms with E-state index < -0.39 is 10.0 Å². The van der Waals surface area contributed by atoms with Crippen molar-refractivity contribution in [3.8, 4) is 0 Å². The van der Waals surface area contributed by atoms with Crippen LogP contribution in [0, 0.1) is 6.92 Å². The van der Waals surface area contributed by atoms with Gasteiger partial charge in [-0.05, 0) is 36.2 Å². The van der Waals surface area contributed by atoms with Crippen molar-refractivity contribution < 1.29 is 22.4 Å². The molecule has 0 saturated carbocycles. The van der Waals surface area contributed by atoms with Gasteiger partial charge in [-0.3, -0.25) is 4.79 Å². The minimum atomic E-state index is -3.45. The molecule has 2 aromatic carbocycles. The first-order valence-corrected chi connectivity index (χ1v) is 11.4. The van der Waals surface area contributed by atoms with Crippen molar-refractivity contribution in [1.82, 2.24) is 9.62 Å². The van der Waals surface area contributed by atoms with Crippen molar-refractivity contribution in [2.24, 2.45) is 0 Å². The monoisotopic (exact) mass is 428 g/mol. The van der Waals surface area contributed by atoms with Gasteiger partial charge in [-0.2, -0.15) is 4.31 Å². The zero-order valence-electron chi connectivity index (χ0n) is 16.8. The van der Waals surface area contributed by atoms with Crippen LogP contribution in [0.15, 0.2) is 52.9 Å². The van der Waals surface area contributed by atoms with Crippen LogP contribution in [-0.2, 0) is 27.1 Å². The number of fused-ring (bicyclic) bond motifs is 1. The number of carbonyl (C=O) groups is 1. The molecule has 158 valence electrons. The van der Waals surface area contributed by atoms with Crippen LogP contribution in [0.5, 0.6) is 0 Å². The normalized spacial score (nSPS) is 15.4. The first-order valence-electron chi connectivity index (χ1n) is 9.83. The molecule has 0 aliphatic carbocycles. The van der Waals surface area contributed by atoms with Crippen LogP contribution in [0.3, 0.4) is 0 Å². The fraction of sp³-hybridized carbons (Fsp3) is 0.318. The molecule has 1 aliphatic rings. The molecule has 0 atom stereocenters. The van der Waals surface area contributed by atoms with Gasteiger partial charge in [0.1, 0.15) is 5.58 Å². The summed E-state index contributed by atoms with van der Waals surface area (Å²) in [5, 5.41) is 3.71. The highest BCUT2D eigenvalue weighted by Gasteiger charge is 2.25. The Morgan fingerprint density at radius 1 is 1.07 bits per heavy atom. The molecule has 7 nitrogen and oxygen atoms in total. The molecular weight excluding hydrogens is 404 g/mol. The van der Waals surface area contributed by atoms with Gasteiger partial charge in [-0.15, -0.1) is 0 Å². The van der Waals surface area contributed by atoms with E-state index in [2.05, 4.69) is 5.32 Å². The molecule has 0 spiro atoms. The standard InChI is InChI=1S/C22H24N2O5S/c1-16-6-7-20-19(12-16)13-21(29-20)22(25)23-14-17-4-2-3-5-18(17)15-30(26,27)24-8-10-28-11-9-24/h2-7,12-13H,8-11,14-15H2,1H3,(H,23,25). The van der Waals surface area contributed by atoms with E-state index in [0.29, 0.717) is 37.4 Å². The van der Waals surface area contributed by atoms with E-state index in [1.807, 2.05) is 37.3 Å². The fourth-order valence-electron chi connectivity index (χ4n) is 3.52. The second-order valence-electron chi connectivity index (χ2n) is 7.37. The first kappa shape index (κ1) is 20.6. The summed E-state index contributed by atoms with van der Waals surface area (Å²) in [4.78, 5) is 12.6. The summed E-state index contributed by atoms with van der Waals surface area (Å²) in [5.41, 5.74) is 3.17. The highest BCUT2D eigenvalue weighted by Crippen LogP contribution is 2.21. The Labute approximate surface area is 175 Å². The van der Waals surface area contributed by atoms with Gasteiger partial charge in [0.25, 0.3) is 5.91 Å². The molecule has 0 radical (unpaired) electrons. The molecule has 2 heterocycles. The van der Waals surface area contributed by atoms with E-state index >= 15 is 0 Å². The van der Waals surface area contributed by atoms with Crippen LogP contribution >= 0.6 is 0 Å². The third-order valence-corrected chi connectivity index (χ3v) is 6.98. The summed E-state index contributed by atoms with van der Waals surface area (Å²) < 4.78 is 37.9. The number of nitrogens with zero attached hydrogens (tertiary/aromatic N) is 1. The Morgan fingerprint density at radius 2 is 1.80 bits per heavy atom. The Balaban J connectivity index is 1.46. The Kier molecular flexibility index (Phi) is 5.90. The van der Waals surface area contributed by atoms with Crippen LogP contribution in [0.4, 0.5) is 0 Å². The molecule has 0 bridgehead atoms. The van der Waals surface area contributed by atoms with Gasteiger partial charge in [0, 0.05) is 25.0 Å². The number of nitrogens with one attached hydrogen (secondary N) is 1. The van der Waals surface area contributed by atoms with Crippen molar-refractivity contribution in [2.45, 2.75) is 19.2 Å². The molecule has 8 heteroatoms. The minimum Gasteiger partial charge on any atom is -0.451 e. The van der Waals surface area contributed by atoms with Crippen molar-refractivity contribution in [3.63, 3.8) is 0 Å². The summed E-state index contributed by atoms with van der Waals surface area (Å²) in [6.07, 6.45) is 0. The molecule has 1 N–H and O–H groups in total. The lowest BCUT2D eigenvalue weighted by molar-refractivity contribution is 0.0729. The molecule has 1 aliphatic heterocycles. The Morgan fingerprint density at radius 3 is 2.57 bits per heavy atom. The topological polar surface area (TPSA) is 88.8 Å². The number of furan rings is 1. The predicted molar refractivity (Wildman–Crippen MR) is 114 cm³/mol. The number of sulfonamides is 1. The number of ether oxygens (including phenoxy) is 1. The molecular formula is C22H24N2O5S. The van der Waals surface area contributed by atoms with E-state index in [-0.39, 0.29) is 24.0 Å². The summed E-state index contributed by atoms with van der Waals surface area (Å²) >= 11 is 0. The van der Waals surface area contributed by atoms with Crippen LogP contribution in [0.1, 0.15) is 27.2 Å². The van der Waals surface area contributed by atoms with Gasteiger partial charge in [0.05, 0.1) is 19.0 Å². The smallest absolute Gasteiger partial charge is 0.287 e. The Hall–Kier alpha value is -2.68. The average Bonchev–Trinajstić information content (AvgIpc) is 3.16. The average molecular weight is 429 g/mol. The largest absolute Gasteiger partial charge is 0.451 e. The third kappa shape index (κ3) is 4.56.